The molecule has 0 atom stereocenters. The Labute approximate surface area is 141 Å². The number of amides is 1. The maximum atomic E-state index is 12.6. The Morgan fingerprint density at radius 2 is 1.83 bits per heavy atom. The number of hydrogen-bond donors (Lipinski definition) is 1. The van der Waals surface area contributed by atoms with Gasteiger partial charge >= 0.3 is 0 Å². The maximum absolute atomic E-state index is 12.6. The van der Waals surface area contributed by atoms with Crippen LogP contribution < -0.4 is 10.1 Å². The highest BCUT2D eigenvalue weighted by molar-refractivity contribution is 6.09. The van der Waals surface area contributed by atoms with E-state index in [4.69, 9.17) is 4.74 Å². The number of methoxy groups -OCH3 is 1. The predicted octanol–water partition coefficient (Wildman–Crippen LogP) is 4.42. The summed E-state index contributed by atoms with van der Waals surface area (Å²) in [6.45, 7) is 6.01. The molecule has 0 saturated heterocycles. The Kier molecular flexibility index (Phi) is 4.21. The third-order valence-corrected chi connectivity index (χ3v) is 4.10. The molecule has 0 unspecified atom stereocenters. The molecule has 1 N–H and O–H groups in total. The number of pyridine rings is 1. The summed E-state index contributed by atoms with van der Waals surface area (Å²) >= 11 is 0. The van der Waals surface area contributed by atoms with Gasteiger partial charge in [0.1, 0.15) is 5.75 Å². The van der Waals surface area contributed by atoms with Crippen molar-refractivity contribution in [2.24, 2.45) is 0 Å². The first kappa shape index (κ1) is 16.0. The van der Waals surface area contributed by atoms with Crippen LogP contribution in [0.4, 0.5) is 5.69 Å². The van der Waals surface area contributed by atoms with E-state index in [1.807, 2.05) is 39.0 Å². The van der Waals surface area contributed by atoms with Crippen LogP contribution in [-0.2, 0) is 0 Å². The van der Waals surface area contributed by atoms with Crippen LogP contribution in [0.3, 0.4) is 0 Å². The minimum atomic E-state index is -0.167. The van der Waals surface area contributed by atoms with Gasteiger partial charge in [0.25, 0.3) is 5.91 Å². The van der Waals surface area contributed by atoms with Crippen molar-refractivity contribution in [3.63, 3.8) is 0 Å². The van der Waals surface area contributed by atoms with Gasteiger partial charge in [-0.25, -0.2) is 0 Å². The number of benzene rings is 2. The summed E-state index contributed by atoms with van der Waals surface area (Å²) in [5, 5.41) is 3.94. The lowest BCUT2D eigenvalue weighted by molar-refractivity contribution is 0.102. The second kappa shape index (κ2) is 6.32. The number of fused-ring (bicyclic) bond motifs is 1. The van der Waals surface area contributed by atoms with Gasteiger partial charge in [0.15, 0.2) is 0 Å². The molecule has 122 valence electrons. The van der Waals surface area contributed by atoms with Crippen molar-refractivity contribution in [3.05, 3.63) is 64.8 Å². The third-order valence-electron chi connectivity index (χ3n) is 4.10. The van der Waals surface area contributed by atoms with Gasteiger partial charge in [0.2, 0.25) is 0 Å². The third kappa shape index (κ3) is 2.95. The largest absolute Gasteiger partial charge is 0.496 e. The summed E-state index contributed by atoms with van der Waals surface area (Å²) in [6, 6.07) is 11.4. The minimum absolute atomic E-state index is 0.167. The maximum Gasteiger partial charge on any atom is 0.255 e. The molecule has 1 amide bonds. The zero-order valence-corrected chi connectivity index (χ0v) is 14.3. The van der Waals surface area contributed by atoms with E-state index in [9.17, 15) is 4.79 Å². The first-order valence-corrected chi connectivity index (χ1v) is 7.81. The number of ether oxygens (including phenoxy) is 1. The Balaban J connectivity index is 1.99. The van der Waals surface area contributed by atoms with Crippen molar-refractivity contribution in [2.75, 3.05) is 12.4 Å². The van der Waals surface area contributed by atoms with Crippen molar-refractivity contribution in [1.29, 1.82) is 0 Å². The summed E-state index contributed by atoms with van der Waals surface area (Å²) in [7, 11) is 1.60. The van der Waals surface area contributed by atoms with E-state index in [2.05, 4.69) is 16.4 Å². The second-order valence-corrected chi connectivity index (χ2v) is 5.98. The average molecular weight is 320 g/mol. The molecule has 2 aromatic carbocycles. The van der Waals surface area contributed by atoms with Crippen LogP contribution in [-0.4, -0.2) is 18.0 Å². The van der Waals surface area contributed by atoms with E-state index >= 15 is 0 Å². The fourth-order valence-corrected chi connectivity index (χ4v) is 2.88. The molecule has 1 aromatic heterocycles. The predicted molar refractivity (Wildman–Crippen MR) is 96.9 cm³/mol. The molecular weight excluding hydrogens is 300 g/mol. The lowest BCUT2D eigenvalue weighted by atomic mass is 10.1. The Morgan fingerprint density at radius 3 is 2.58 bits per heavy atom. The molecule has 0 fully saturated rings. The zero-order chi connectivity index (χ0) is 17.3. The molecule has 4 nitrogen and oxygen atoms in total. The average Bonchev–Trinajstić information content (AvgIpc) is 2.56. The lowest BCUT2D eigenvalue weighted by Crippen LogP contribution is -2.12. The van der Waals surface area contributed by atoms with Crippen molar-refractivity contribution < 1.29 is 9.53 Å². The first-order chi connectivity index (χ1) is 11.5. The zero-order valence-electron chi connectivity index (χ0n) is 14.3. The molecule has 0 aliphatic heterocycles. The fraction of sp³-hybridized carbons (Fsp3) is 0.200. The van der Waals surface area contributed by atoms with E-state index in [1.54, 1.807) is 25.4 Å². The van der Waals surface area contributed by atoms with Gasteiger partial charge < -0.3 is 10.1 Å². The Morgan fingerprint density at radius 1 is 1.04 bits per heavy atom. The highest BCUT2D eigenvalue weighted by Gasteiger charge is 2.12. The van der Waals surface area contributed by atoms with Crippen molar-refractivity contribution in [2.45, 2.75) is 20.8 Å². The van der Waals surface area contributed by atoms with Gasteiger partial charge in [0, 0.05) is 17.1 Å². The number of aryl methyl sites for hydroxylation is 3. The second-order valence-electron chi connectivity index (χ2n) is 5.98. The Hall–Kier alpha value is -2.88. The van der Waals surface area contributed by atoms with Crippen LogP contribution in [0, 0.1) is 20.8 Å². The van der Waals surface area contributed by atoms with Gasteiger partial charge in [-0.05, 0) is 56.2 Å². The molecule has 4 heteroatoms. The van der Waals surface area contributed by atoms with E-state index < -0.39 is 0 Å². The standard InChI is InChI=1S/C20H20N2O2/c1-12-9-14(3)19-16(10-12)17(7-8-21-19)22-20(23)15-6-5-13(2)18(11-15)24-4/h5-11H,1-4H3,(H,21,22,23). The number of nitrogens with one attached hydrogen (secondary N) is 1. The number of anilines is 1. The molecule has 0 aliphatic rings. The van der Waals surface area contributed by atoms with E-state index in [1.165, 1.54) is 0 Å². The summed E-state index contributed by atoms with van der Waals surface area (Å²) in [5.74, 6) is 0.536. The van der Waals surface area contributed by atoms with Crippen LogP contribution >= 0.6 is 0 Å². The number of rotatable bonds is 3. The number of carbonyl (C=O) groups excluding carboxylic acids is 1. The molecule has 3 aromatic rings. The van der Waals surface area contributed by atoms with Crippen molar-refractivity contribution >= 4 is 22.5 Å². The molecule has 24 heavy (non-hydrogen) atoms. The Bertz CT molecular complexity index is 932. The van der Waals surface area contributed by atoms with E-state index in [0.29, 0.717) is 11.3 Å². The summed E-state index contributed by atoms with van der Waals surface area (Å²) in [5.41, 5.74) is 5.45. The number of carbonyl (C=O) groups is 1. The number of nitrogens with zero attached hydrogens (tertiary/aromatic N) is 1. The molecule has 3 rings (SSSR count). The molecular formula is C20H20N2O2. The van der Waals surface area contributed by atoms with E-state index in [0.717, 1.165) is 33.3 Å². The van der Waals surface area contributed by atoms with Gasteiger partial charge in [-0.15, -0.1) is 0 Å². The van der Waals surface area contributed by atoms with Gasteiger partial charge in [-0.1, -0.05) is 17.7 Å². The van der Waals surface area contributed by atoms with Gasteiger partial charge in [0.05, 0.1) is 18.3 Å². The van der Waals surface area contributed by atoms with Crippen molar-refractivity contribution in [1.82, 2.24) is 4.98 Å². The van der Waals surface area contributed by atoms with Gasteiger partial charge in [-0.2, -0.15) is 0 Å². The number of hydrogen-bond acceptors (Lipinski definition) is 3. The number of aromatic nitrogens is 1. The normalized spacial score (nSPS) is 10.7. The molecule has 0 spiro atoms. The monoisotopic (exact) mass is 320 g/mol. The van der Waals surface area contributed by atoms with Crippen LogP contribution in [0.25, 0.3) is 10.9 Å². The molecule has 0 radical (unpaired) electrons. The SMILES string of the molecule is COc1cc(C(=O)Nc2ccnc3c(C)cc(C)cc23)ccc1C. The first-order valence-electron chi connectivity index (χ1n) is 7.81. The summed E-state index contributed by atoms with van der Waals surface area (Å²) < 4.78 is 5.30. The molecule has 0 bridgehead atoms. The quantitative estimate of drug-likeness (QED) is 0.777. The fourth-order valence-electron chi connectivity index (χ4n) is 2.88. The van der Waals surface area contributed by atoms with Crippen LogP contribution in [0.5, 0.6) is 5.75 Å². The topological polar surface area (TPSA) is 51.2 Å². The molecule has 0 aliphatic carbocycles. The van der Waals surface area contributed by atoms with Crippen LogP contribution in [0.15, 0.2) is 42.6 Å². The van der Waals surface area contributed by atoms with Gasteiger partial charge in [-0.3, -0.25) is 9.78 Å². The lowest BCUT2D eigenvalue weighted by Gasteiger charge is -2.12. The summed E-state index contributed by atoms with van der Waals surface area (Å²) in [6.07, 6.45) is 1.72. The molecule has 0 saturated carbocycles. The highest BCUT2D eigenvalue weighted by Crippen LogP contribution is 2.26. The summed E-state index contributed by atoms with van der Waals surface area (Å²) in [4.78, 5) is 17.1. The highest BCUT2D eigenvalue weighted by atomic mass is 16.5. The van der Waals surface area contributed by atoms with Crippen LogP contribution in [0.2, 0.25) is 0 Å². The van der Waals surface area contributed by atoms with Crippen LogP contribution in [0.1, 0.15) is 27.0 Å². The van der Waals surface area contributed by atoms with E-state index in [-0.39, 0.29) is 5.91 Å². The minimum Gasteiger partial charge on any atom is -0.496 e. The molecule has 1 heterocycles. The van der Waals surface area contributed by atoms with Crippen molar-refractivity contribution in [3.8, 4) is 5.75 Å². The smallest absolute Gasteiger partial charge is 0.255 e.